The highest BCUT2D eigenvalue weighted by Crippen LogP contribution is 2.33. The molecule has 0 unspecified atom stereocenters. The van der Waals surface area contributed by atoms with Gasteiger partial charge in [-0.25, -0.2) is 0 Å². The van der Waals surface area contributed by atoms with Gasteiger partial charge < -0.3 is 37.9 Å². The van der Waals surface area contributed by atoms with E-state index in [2.05, 4.69) is 0 Å². The highest BCUT2D eigenvalue weighted by atomic mass is 16.7. The van der Waals surface area contributed by atoms with Crippen LogP contribution in [0.2, 0.25) is 0 Å². The number of methoxy groups -OCH3 is 2. The van der Waals surface area contributed by atoms with E-state index in [0.29, 0.717) is 17.9 Å². The fourth-order valence-electron chi connectivity index (χ4n) is 4.48. The molecule has 1 saturated heterocycles. The molecule has 0 spiro atoms. The van der Waals surface area contributed by atoms with Crippen LogP contribution in [0, 0.1) is 0 Å². The molecule has 2 aromatic carbocycles. The third kappa shape index (κ3) is 9.18. The molecule has 1 aliphatic heterocycles. The Labute approximate surface area is 244 Å². The zero-order valence-electron chi connectivity index (χ0n) is 24.4. The molecule has 2 aromatic rings. The number of carbonyl (C=O) groups excluding carboxylic acids is 4. The summed E-state index contributed by atoms with van der Waals surface area (Å²) in [6.45, 7) is 4.61. The Hall–Kier alpha value is -4.16. The maximum atomic E-state index is 12.2. The van der Waals surface area contributed by atoms with Crippen molar-refractivity contribution in [3.05, 3.63) is 59.2 Å². The number of rotatable bonds is 12. The quantitative estimate of drug-likeness (QED) is 0.266. The second kappa shape index (κ2) is 15.2. The van der Waals surface area contributed by atoms with Crippen LogP contribution in [0.25, 0.3) is 0 Å². The zero-order valence-corrected chi connectivity index (χ0v) is 24.4. The molecule has 1 aliphatic rings. The first-order chi connectivity index (χ1) is 20.0. The second-order valence-electron chi connectivity index (χ2n) is 9.59. The Morgan fingerprint density at radius 1 is 0.738 bits per heavy atom. The molecule has 3 rings (SSSR count). The fraction of sp³-hybridized carbons (Fsp3) is 0.467. The van der Waals surface area contributed by atoms with E-state index in [1.54, 1.807) is 20.3 Å². The standard InChI is InChI=1S/C30H36O12/c1-17(31)37-16-26-27(38-18(2)32)28(39-19(3)33)29(40-20(4)34)30(42-26)41-25-14-22(15-35-5)7-10-23(25)13-21-8-11-24(36-6)12-9-21/h7-12,14,26-30H,13,15-16H2,1-6H3/t26-,27-,28+,29-,30+/m1/s1. The molecule has 0 bridgehead atoms. The van der Waals surface area contributed by atoms with Gasteiger partial charge >= 0.3 is 23.9 Å². The molecule has 0 N–H and O–H groups in total. The summed E-state index contributed by atoms with van der Waals surface area (Å²) in [6, 6.07) is 13.0. The van der Waals surface area contributed by atoms with Gasteiger partial charge in [0.15, 0.2) is 12.2 Å². The summed E-state index contributed by atoms with van der Waals surface area (Å²) in [5, 5.41) is 0. The molecule has 5 atom stereocenters. The van der Waals surface area contributed by atoms with E-state index in [1.165, 1.54) is 13.8 Å². The third-order valence-electron chi connectivity index (χ3n) is 6.19. The number of esters is 4. The second-order valence-corrected chi connectivity index (χ2v) is 9.59. The molecule has 42 heavy (non-hydrogen) atoms. The molecular formula is C30H36O12. The van der Waals surface area contributed by atoms with Crippen LogP contribution in [-0.2, 0) is 60.6 Å². The zero-order chi connectivity index (χ0) is 30.8. The van der Waals surface area contributed by atoms with E-state index in [9.17, 15) is 19.2 Å². The SMILES string of the molecule is COCc1ccc(Cc2ccc(OC)cc2)c(O[C@H]2O[C@H](COC(C)=O)[C@@H](OC(C)=O)[C@H](OC(C)=O)[C@H]2OC(C)=O)c1. The Kier molecular flexibility index (Phi) is 11.7. The lowest BCUT2D eigenvalue weighted by Gasteiger charge is -2.44. The smallest absolute Gasteiger partial charge is 0.303 e. The predicted molar refractivity (Wildman–Crippen MR) is 146 cm³/mol. The first kappa shape index (κ1) is 32.4. The molecule has 12 heteroatoms. The first-order valence-electron chi connectivity index (χ1n) is 13.2. The third-order valence-corrected chi connectivity index (χ3v) is 6.19. The summed E-state index contributed by atoms with van der Waals surface area (Å²) in [5.41, 5.74) is 2.51. The van der Waals surface area contributed by atoms with E-state index in [0.717, 1.165) is 30.5 Å². The van der Waals surface area contributed by atoms with Crippen LogP contribution in [0.3, 0.4) is 0 Å². The van der Waals surface area contributed by atoms with Crippen LogP contribution in [0.4, 0.5) is 0 Å². The van der Waals surface area contributed by atoms with Crippen LogP contribution < -0.4 is 9.47 Å². The fourth-order valence-corrected chi connectivity index (χ4v) is 4.48. The van der Waals surface area contributed by atoms with E-state index >= 15 is 0 Å². The molecule has 228 valence electrons. The summed E-state index contributed by atoms with van der Waals surface area (Å²) < 4.78 is 44.6. The van der Waals surface area contributed by atoms with E-state index in [-0.39, 0.29) is 13.2 Å². The summed E-state index contributed by atoms with van der Waals surface area (Å²) in [6.07, 6.45) is -6.03. The minimum atomic E-state index is -1.36. The minimum absolute atomic E-state index is 0.289. The van der Waals surface area contributed by atoms with Crippen molar-refractivity contribution >= 4 is 23.9 Å². The molecule has 0 radical (unpaired) electrons. The lowest BCUT2D eigenvalue weighted by atomic mass is 9.97. The maximum absolute atomic E-state index is 12.2. The van der Waals surface area contributed by atoms with Crippen molar-refractivity contribution in [1.82, 2.24) is 0 Å². The Bertz CT molecular complexity index is 1240. The highest BCUT2D eigenvalue weighted by molar-refractivity contribution is 5.68. The van der Waals surface area contributed by atoms with E-state index in [1.807, 2.05) is 36.4 Å². The molecule has 12 nitrogen and oxygen atoms in total. The van der Waals surface area contributed by atoms with Crippen LogP contribution in [0.1, 0.15) is 44.4 Å². The van der Waals surface area contributed by atoms with Crippen LogP contribution >= 0.6 is 0 Å². The average Bonchev–Trinajstić information content (AvgIpc) is 2.92. The van der Waals surface area contributed by atoms with E-state index < -0.39 is 54.6 Å². The molecule has 0 amide bonds. The van der Waals surface area contributed by atoms with Crippen molar-refractivity contribution in [2.45, 2.75) is 71.4 Å². The molecule has 0 saturated carbocycles. The number of ether oxygens (including phenoxy) is 8. The molecule has 1 heterocycles. The van der Waals surface area contributed by atoms with Crippen molar-refractivity contribution < 1.29 is 57.1 Å². The molecule has 1 fully saturated rings. The van der Waals surface area contributed by atoms with E-state index in [4.69, 9.17) is 37.9 Å². The van der Waals surface area contributed by atoms with Crippen LogP contribution in [0.15, 0.2) is 42.5 Å². The molecule has 0 aliphatic carbocycles. The summed E-state index contributed by atoms with van der Waals surface area (Å²) >= 11 is 0. The maximum Gasteiger partial charge on any atom is 0.303 e. The summed E-state index contributed by atoms with van der Waals surface area (Å²) in [7, 11) is 3.15. The van der Waals surface area contributed by atoms with Crippen molar-refractivity contribution in [3.63, 3.8) is 0 Å². The number of carbonyl (C=O) groups is 4. The van der Waals surface area contributed by atoms with Crippen molar-refractivity contribution in [2.75, 3.05) is 20.8 Å². The van der Waals surface area contributed by atoms with Gasteiger partial charge in [0.1, 0.15) is 24.2 Å². The Morgan fingerprint density at radius 3 is 1.90 bits per heavy atom. The van der Waals surface area contributed by atoms with Crippen molar-refractivity contribution in [2.24, 2.45) is 0 Å². The van der Waals surface area contributed by atoms with Gasteiger partial charge in [-0.2, -0.15) is 0 Å². The van der Waals surface area contributed by atoms with Crippen molar-refractivity contribution in [1.29, 1.82) is 0 Å². The largest absolute Gasteiger partial charge is 0.497 e. The first-order valence-corrected chi connectivity index (χ1v) is 13.2. The summed E-state index contributed by atoms with van der Waals surface area (Å²) in [5.74, 6) is -1.70. The van der Waals surface area contributed by atoms with Gasteiger partial charge in [0.05, 0.1) is 13.7 Å². The highest BCUT2D eigenvalue weighted by Gasteiger charge is 2.53. The minimum Gasteiger partial charge on any atom is -0.497 e. The number of benzene rings is 2. The number of hydrogen-bond acceptors (Lipinski definition) is 12. The molecular weight excluding hydrogens is 552 g/mol. The lowest BCUT2D eigenvalue weighted by Crippen LogP contribution is -2.63. The van der Waals surface area contributed by atoms with Gasteiger partial charge in [0.2, 0.25) is 12.4 Å². The van der Waals surface area contributed by atoms with Crippen LogP contribution in [-0.4, -0.2) is 75.4 Å². The van der Waals surface area contributed by atoms with Gasteiger partial charge in [-0.15, -0.1) is 0 Å². The topological polar surface area (TPSA) is 142 Å². The van der Waals surface area contributed by atoms with Gasteiger partial charge in [-0.3, -0.25) is 19.2 Å². The monoisotopic (exact) mass is 588 g/mol. The predicted octanol–water partition coefficient (Wildman–Crippen LogP) is 2.89. The normalized spacial score (nSPS) is 21.5. The average molecular weight is 589 g/mol. The van der Waals surface area contributed by atoms with Gasteiger partial charge in [-0.1, -0.05) is 24.3 Å². The van der Waals surface area contributed by atoms with Gasteiger partial charge in [0.25, 0.3) is 0 Å². The Morgan fingerprint density at radius 2 is 1.33 bits per heavy atom. The molecule has 0 aromatic heterocycles. The Balaban J connectivity index is 2.05. The number of hydrogen-bond donors (Lipinski definition) is 0. The van der Waals surface area contributed by atoms with Crippen molar-refractivity contribution in [3.8, 4) is 11.5 Å². The summed E-state index contributed by atoms with van der Waals surface area (Å²) in [4.78, 5) is 48.0. The van der Waals surface area contributed by atoms with Gasteiger partial charge in [-0.05, 0) is 34.9 Å². The van der Waals surface area contributed by atoms with Gasteiger partial charge in [0, 0.05) is 41.2 Å². The lowest BCUT2D eigenvalue weighted by molar-refractivity contribution is -0.288. The van der Waals surface area contributed by atoms with Crippen LogP contribution in [0.5, 0.6) is 11.5 Å².